The maximum atomic E-state index is 5.87. The molecule has 3 aromatic rings. The Morgan fingerprint density at radius 2 is 1.42 bits per heavy atom. The lowest BCUT2D eigenvalue weighted by atomic mass is 10.1. The molecule has 3 heterocycles. The third-order valence-corrected chi connectivity index (χ3v) is 2.73. The van der Waals surface area contributed by atoms with Crippen LogP contribution in [0.3, 0.4) is 0 Å². The summed E-state index contributed by atoms with van der Waals surface area (Å²) in [5, 5.41) is 0. The molecular formula is C15H12N4. The van der Waals surface area contributed by atoms with Crippen LogP contribution < -0.4 is 5.73 Å². The highest BCUT2D eigenvalue weighted by Gasteiger charge is 2.06. The lowest BCUT2D eigenvalue weighted by molar-refractivity contribution is 1.24. The van der Waals surface area contributed by atoms with Crippen LogP contribution in [-0.4, -0.2) is 15.0 Å². The number of nitrogen functional groups attached to an aromatic ring is 1. The number of rotatable bonds is 2. The molecule has 0 atom stereocenters. The number of hydrogen-bond acceptors (Lipinski definition) is 4. The lowest BCUT2D eigenvalue weighted by Gasteiger charge is -2.05. The van der Waals surface area contributed by atoms with Crippen LogP contribution in [0.15, 0.2) is 60.9 Å². The normalized spacial score (nSPS) is 10.3. The van der Waals surface area contributed by atoms with E-state index in [1.54, 1.807) is 12.4 Å². The number of pyridine rings is 3. The van der Waals surface area contributed by atoms with Gasteiger partial charge in [0.15, 0.2) is 0 Å². The number of hydrogen-bond donors (Lipinski definition) is 1. The highest BCUT2D eigenvalue weighted by molar-refractivity contribution is 5.69. The highest BCUT2D eigenvalue weighted by atomic mass is 14.9. The number of aromatic nitrogens is 3. The van der Waals surface area contributed by atoms with E-state index in [1.807, 2.05) is 48.5 Å². The van der Waals surface area contributed by atoms with Crippen LogP contribution in [-0.2, 0) is 0 Å². The Hall–Kier alpha value is -2.75. The first-order valence-corrected chi connectivity index (χ1v) is 5.93. The highest BCUT2D eigenvalue weighted by Crippen LogP contribution is 2.24. The second kappa shape index (κ2) is 4.86. The Morgan fingerprint density at radius 1 is 0.737 bits per heavy atom. The smallest absolute Gasteiger partial charge is 0.124 e. The van der Waals surface area contributed by atoms with E-state index in [2.05, 4.69) is 15.0 Å². The van der Waals surface area contributed by atoms with Crippen LogP contribution in [0.25, 0.3) is 22.6 Å². The summed E-state index contributed by atoms with van der Waals surface area (Å²) in [6.45, 7) is 0. The molecule has 0 aliphatic carbocycles. The van der Waals surface area contributed by atoms with Crippen molar-refractivity contribution >= 4 is 5.82 Å². The number of anilines is 1. The third-order valence-electron chi connectivity index (χ3n) is 2.73. The molecule has 0 radical (unpaired) electrons. The largest absolute Gasteiger partial charge is 0.384 e. The molecular weight excluding hydrogens is 236 g/mol. The topological polar surface area (TPSA) is 64.7 Å². The summed E-state index contributed by atoms with van der Waals surface area (Å²) >= 11 is 0. The van der Waals surface area contributed by atoms with E-state index >= 15 is 0 Å². The molecule has 0 amide bonds. The average molecular weight is 248 g/mol. The molecule has 0 spiro atoms. The van der Waals surface area contributed by atoms with Crippen molar-refractivity contribution < 1.29 is 0 Å². The molecule has 19 heavy (non-hydrogen) atoms. The van der Waals surface area contributed by atoms with Crippen LogP contribution in [0.5, 0.6) is 0 Å². The number of nitrogens with zero attached hydrogens (tertiary/aromatic N) is 3. The molecule has 0 aliphatic heterocycles. The number of nitrogens with two attached hydrogens (primary N) is 1. The molecule has 3 aromatic heterocycles. The van der Waals surface area contributed by atoms with Gasteiger partial charge in [-0.15, -0.1) is 0 Å². The van der Waals surface area contributed by atoms with Crippen molar-refractivity contribution in [3.05, 3.63) is 60.9 Å². The predicted octanol–water partition coefficient (Wildman–Crippen LogP) is 2.79. The molecule has 4 nitrogen and oxygen atoms in total. The van der Waals surface area contributed by atoms with Gasteiger partial charge in [-0.1, -0.05) is 12.1 Å². The van der Waals surface area contributed by atoms with Crippen LogP contribution in [0, 0.1) is 0 Å². The molecule has 3 rings (SSSR count). The minimum absolute atomic E-state index is 0.462. The van der Waals surface area contributed by atoms with Crippen LogP contribution >= 0.6 is 0 Å². The zero-order valence-corrected chi connectivity index (χ0v) is 10.2. The van der Waals surface area contributed by atoms with E-state index in [0.29, 0.717) is 5.82 Å². The van der Waals surface area contributed by atoms with Gasteiger partial charge in [-0.3, -0.25) is 9.97 Å². The standard InChI is InChI=1S/C15H12N4/c16-15-10-11(12-5-1-3-7-17-12)9-14(19-15)13-6-2-4-8-18-13/h1-10H,(H2,16,19). The molecule has 4 heteroatoms. The fourth-order valence-electron chi connectivity index (χ4n) is 1.88. The molecule has 2 N–H and O–H groups in total. The van der Waals surface area contributed by atoms with E-state index in [-0.39, 0.29) is 0 Å². The summed E-state index contributed by atoms with van der Waals surface area (Å²) in [7, 11) is 0. The molecule has 0 saturated heterocycles. The molecule has 0 saturated carbocycles. The summed E-state index contributed by atoms with van der Waals surface area (Å²) < 4.78 is 0. The fourth-order valence-corrected chi connectivity index (χ4v) is 1.88. The first-order chi connectivity index (χ1) is 9.33. The Kier molecular flexibility index (Phi) is 2.90. The van der Waals surface area contributed by atoms with Crippen molar-refractivity contribution in [1.82, 2.24) is 15.0 Å². The van der Waals surface area contributed by atoms with E-state index in [9.17, 15) is 0 Å². The van der Waals surface area contributed by atoms with Crippen molar-refractivity contribution in [2.45, 2.75) is 0 Å². The quantitative estimate of drug-likeness (QED) is 0.757. The van der Waals surface area contributed by atoms with Gasteiger partial charge >= 0.3 is 0 Å². The monoisotopic (exact) mass is 248 g/mol. The van der Waals surface area contributed by atoms with Gasteiger partial charge in [0.2, 0.25) is 0 Å². The SMILES string of the molecule is Nc1cc(-c2ccccn2)cc(-c2ccccn2)n1. The molecule has 92 valence electrons. The lowest BCUT2D eigenvalue weighted by Crippen LogP contribution is -1.95. The Bertz CT molecular complexity index is 623. The molecule has 0 bridgehead atoms. The van der Waals surface area contributed by atoms with Crippen LogP contribution in [0.4, 0.5) is 5.82 Å². The predicted molar refractivity (Wildman–Crippen MR) is 75.1 cm³/mol. The van der Waals surface area contributed by atoms with Gasteiger partial charge in [0.25, 0.3) is 0 Å². The maximum absolute atomic E-state index is 5.87. The first kappa shape index (κ1) is 11.3. The van der Waals surface area contributed by atoms with Gasteiger partial charge in [-0.05, 0) is 36.4 Å². The van der Waals surface area contributed by atoms with Crippen molar-refractivity contribution in [1.29, 1.82) is 0 Å². The zero-order chi connectivity index (χ0) is 13.1. The van der Waals surface area contributed by atoms with Crippen molar-refractivity contribution in [3.63, 3.8) is 0 Å². The zero-order valence-electron chi connectivity index (χ0n) is 10.2. The first-order valence-electron chi connectivity index (χ1n) is 5.93. The maximum Gasteiger partial charge on any atom is 0.124 e. The Balaban J connectivity index is 2.12. The third kappa shape index (κ3) is 2.42. The van der Waals surface area contributed by atoms with Crippen molar-refractivity contribution in [2.75, 3.05) is 5.73 Å². The minimum Gasteiger partial charge on any atom is -0.384 e. The van der Waals surface area contributed by atoms with Gasteiger partial charge in [-0.25, -0.2) is 4.98 Å². The minimum atomic E-state index is 0.462. The molecule has 0 unspecified atom stereocenters. The Labute approximate surface area is 111 Å². The van der Waals surface area contributed by atoms with Gasteiger partial charge in [0, 0.05) is 18.0 Å². The molecule has 0 aliphatic rings. The van der Waals surface area contributed by atoms with E-state index < -0.39 is 0 Å². The summed E-state index contributed by atoms with van der Waals surface area (Å²) in [4.78, 5) is 12.9. The van der Waals surface area contributed by atoms with Crippen molar-refractivity contribution in [2.24, 2.45) is 0 Å². The van der Waals surface area contributed by atoms with Crippen LogP contribution in [0.2, 0.25) is 0 Å². The summed E-state index contributed by atoms with van der Waals surface area (Å²) in [5.74, 6) is 0.462. The van der Waals surface area contributed by atoms with Gasteiger partial charge in [0.1, 0.15) is 5.82 Å². The fraction of sp³-hybridized carbons (Fsp3) is 0. The van der Waals surface area contributed by atoms with Gasteiger partial charge in [0.05, 0.1) is 17.1 Å². The second-order valence-corrected chi connectivity index (χ2v) is 4.10. The van der Waals surface area contributed by atoms with Gasteiger partial charge < -0.3 is 5.73 Å². The van der Waals surface area contributed by atoms with Gasteiger partial charge in [-0.2, -0.15) is 0 Å². The van der Waals surface area contributed by atoms with E-state index in [4.69, 9.17) is 5.73 Å². The average Bonchev–Trinajstić information content (AvgIpc) is 2.48. The van der Waals surface area contributed by atoms with Crippen LogP contribution in [0.1, 0.15) is 0 Å². The summed E-state index contributed by atoms with van der Waals surface area (Å²) in [6, 6.07) is 15.2. The molecule has 0 aromatic carbocycles. The van der Waals surface area contributed by atoms with E-state index in [1.165, 1.54) is 0 Å². The second-order valence-electron chi connectivity index (χ2n) is 4.10. The molecule has 0 fully saturated rings. The summed E-state index contributed by atoms with van der Waals surface area (Å²) in [5.41, 5.74) is 9.22. The Morgan fingerprint density at radius 3 is 2.05 bits per heavy atom. The van der Waals surface area contributed by atoms with E-state index in [0.717, 1.165) is 22.6 Å². The summed E-state index contributed by atoms with van der Waals surface area (Å²) in [6.07, 6.45) is 3.49. The van der Waals surface area contributed by atoms with Crippen molar-refractivity contribution in [3.8, 4) is 22.6 Å².